The predicted molar refractivity (Wildman–Crippen MR) is 48.2 cm³/mol. The van der Waals surface area contributed by atoms with Crippen molar-refractivity contribution in [3.05, 3.63) is 9.93 Å². The molecule has 0 aromatic heterocycles. The van der Waals surface area contributed by atoms with Gasteiger partial charge in [0, 0.05) is 9.93 Å². The molecule has 0 heterocycles. The van der Waals surface area contributed by atoms with E-state index in [-0.39, 0.29) is 28.4 Å². The number of hydrogen-bond donors (Lipinski definition) is 0. The van der Waals surface area contributed by atoms with Crippen molar-refractivity contribution in [2.24, 2.45) is 0 Å². The first-order valence-corrected chi connectivity index (χ1v) is 4.41. The van der Waals surface area contributed by atoms with Gasteiger partial charge >= 0.3 is 14.4 Å². The lowest BCUT2D eigenvalue weighted by atomic mass is 11.8. The Kier molecular flexibility index (Phi) is 53.8. The largest absolute Gasteiger partial charge is 0.786 e. The number of phosphoric acid groups is 1. The van der Waals surface area contributed by atoms with Crippen LogP contribution in [0, 0.1) is 9.93 Å². The highest BCUT2D eigenvalue weighted by Gasteiger charge is 2.02. The normalized spacial score (nSPS) is 7.56. The van der Waals surface area contributed by atoms with Gasteiger partial charge in [-0.3, -0.25) is 0 Å². The quantitative estimate of drug-likeness (QED) is 0.583. The Morgan fingerprint density at radius 3 is 1.25 bits per heavy atom. The molecule has 1 atom stereocenters. The summed E-state index contributed by atoms with van der Waals surface area (Å²) < 4.78 is 21.4. The molecule has 0 spiro atoms. The van der Waals surface area contributed by atoms with Crippen LogP contribution in [0.2, 0.25) is 0 Å². The van der Waals surface area contributed by atoms with Gasteiger partial charge in [0.1, 0.15) is 7.82 Å². The third-order valence-electron chi connectivity index (χ3n) is 0.167. The fourth-order valence-corrected chi connectivity index (χ4v) is 0.735. The van der Waals surface area contributed by atoms with E-state index in [1.165, 1.54) is 0 Å². The summed E-state index contributed by atoms with van der Waals surface area (Å²) in [6.07, 6.45) is 0.250. The Bertz CT molecular complexity index is 215. The Balaban J connectivity index is -0.0000000275. The predicted octanol–water partition coefficient (Wildman–Crippen LogP) is -0.759. The second-order valence-electron chi connectivity index (χ2n) is 0.836. The van der Waals surface area contributed by atoms with Crippen molar-refractivity contribution in [1.29, 1.82) is 0 Å². The minimum Gasteiger partial charge on any atom is -0.786 e. The van der Waals surface area contributed by atoms with Gasteiger partial charge in [-0.15, -0.1) is 4.31 Å². The molecule has 0 aliphatic heterocycles. The van der Waals surface area contributed by atoms with Crippen LogP contribution in [-0.2, 0) is 23.0 Å². The van der Waals surface area contributed by atoms with Crippen molar-refractivity contribution in [2.45, 2.75) is 22.3 Å². The van der Waals surface area contributed by atoms with E-state index in [0.717, 1.165) is 0 Å². The molecule has 0 aromatic carbocycles. The fraction of sp³-hybridized carbons (Fsp3) is 0.750. The fourth-order valence-electron chi connectivity index (χ4n) is 0.0816. The lowest BCUT2D eigenvalue weighted by Crippen LogP contribution is -2.14. The van der Waals surface area contributed by atoms with Crippen molar-refractivity contribution >= 4 is 22.2 Å². The maximum atomic E-state index is 9.31. The molecule has 1 unspecified atom stereocenters. The van der Waals surface area contributed by atoms with Crippen molar-refractivity contribution < 1.29 is 37.7 Å². The van der Waals surface area contributed by atoms with E-state index in [0.29, 0.717) is 0 Å². The third-order valence-corrected chi connectivity index (χ3v) is 1.50. The summed E-state index contributed by atoms with van der Waals surface area (Å²) in [5, 5.41) is 0. The topological polar surface area (TPSA) is 181 Å². The Morgan fingerprint density at radius 1 is 1.06 bits per heavy atom. The maximum Gasteiger partial charge on any atom is 0.492 e. The third kappa shape index (κ3) is 113. The highest BCUT2D eigenvalue weighted by Crippen LogP contribution is 2.35. The van der Waals surface area contributed by atoms with Gasteiger partial charge in [-0.1, -0.05) is 22.3 Å². The molecule has 0 bridgehead atoms. The van der Waals surface area contributed by atoms with E-state index in [1.807, 2.05) is 0 Å². The van der Waals surface area contributed by atoms with Gasteiger partial charge in [0.15, 0.2) is 0 Å². The van der Waals surface area contributed by atoms with Gasteiger partial charge in [-0.25, -0.2) is 0 Å². The molecular weight excluding hydrogens is 270 g/mol. The summed E-state index contributed by atoms with van der Waals surface area (Å²) in [5.74, 6) is 0. The van der Waals surface area contributed by atoms with Crippen LogP contribution < -0.4 is 14.7 Å². The molecule has 100 valence electrons. The molecular formula is C4H12O10P2-2. The maximum absolute atomic E-state index is 9.31. The van der Waals surface area contributed by atoms with Gasteiger partial charge in [-0.2, -0.15) is 9.59 Å². The molecule has 0 saturated carbocycles. The summed E-state index contributed by atoms with van der Waals surface area (Å²) in [4.78, 5) is 58.1. The molecule has 12 heteroatoms. The molecule has 0 fully saturated rings. The highest BCUT2D eigenvalue weighted by atomic mass is 31.2. The monoisotopic (exact) mass is 282 g/mol. The minimum absolute atomic E-state index is 0. The van der Waals surface area contributed by atoms with E-state index in [1.54, 1.807) is 0 Å². The smallest absolute Gasteiger partial charge is 0.492 e. The zero-order chi connectivity index (χ0) is 11.5. The van der Waals surface area contributed by atoms with Crippen LogP contribution in [0.5, 0.6) is 0 Å². The molecule has 0 rings (SSSR count). The van der Waals surface area contributed by atoms with Crippen molar-refractivity contribution in [3.8, 4) is 0 Å². The van der Waals surface area contributed by atoms with E-state index in [2.05, 4.69) is 4.31 Å². The van der Waals surface area contributed by atoms with Crippen molar-refractivity contribution in [3.63, 3.8) is 0 Å². The lowest BCUT2D eigenvalue weighted by molar-refractivity contribution is -0.336. The Morgan fingerprint density at radius 2 is 1.25 bits per heavy atom. The van der Waals surface area contributed by atoms with Gasteiger partial charge in [-0.05, 0) is 4.57 Å². The molecule has 16 heavy (non-hydrogen) atoms. The van der Waals surface area contributed by atoms with E-state index in [4.69, 9.17) is 19.5 Å². The van der Waals surface area contributed by atoms with E-state index in [9.17, 15) is 23.8 Å². The van der Waals surface area contributed by atoms with Crippen molar-refractivity contribution in [1.82, 2.24) is 0 Å². The summed E-state index contributed by atoms with van der Waals surface area (Å²) >= 11 is 0. The van der Waals surface area contributed by atoms with E-state index < -0.39 is 16.1 Å². The molecule has 0 amide bonds. The van der Waals surface area contributed by atoms with Crippen LogP contribution >= 0.6 is 16.1 Å². The molecule has 0 aliphatic rings. The van der Waals surface area contributed by atoms with Crippen LogP contribution in [0.1, 0.15) is 22.3 Å². The van der Waals surface area contributed by atoms with Crippen LogP contribution in [0.4, 0.5) is 0 Å². The van der Waals surface area contributed by atoms with Crippen LogP contribution in [0.25, 0.3) is 0 Å². The van der Waals surface area contributed by atoms with Gasteiger partial charge in [0.05, 0.1) is 0 Å². The summed E-state index contributed by atoms with van der Waals surface area (Å²) in [7, 11) is -8.89. The molecule has 0 saturated heterocycles. The van der Waals surface area contributed by atoms with Crippen LogP contribution in [0.15, 0.2) is 0 Å². The average Bonchev–Trinajstić information content (AvgIpc) is 1.87. The highest BCUT2D eigenvalue weighted by molar-refractivity contribution is 7.52. The second-order valence-corrected chi connectivity index (χ2v) is 2.83. The number of hydrogen-bond acceptors (Lipinski definition) is 10. The first kappa shape index (κ1) is 36.2. The number of rotatable bonds is 2. The van der Waals surface area contributed by atoms with Crippen molar-refractivity contribution in [2.75, 3.05) is 0 Å². The zero-order valence-corrected chi connectivity index (χ0v) is 7.27. The van der Waals surface area contributed by atoms with Gasteiger partial charge in [0.2, 0.25) is 0 Å². The van der Waals surface area contributed by atoms with Crippen LogP contribution in [0.3, 0.4) is 0 Å². The molecule has 0 aliphatic carbocycles. The zero-order valence-electron chi connectivity index (χ0n) is 5.48. The van der Waals surface area contributed by atoms with Crippen LogP contribution in [-0.4, -0.2) is 6.15 Å². The molecule has 0 N–H and O–H groups in total. The van der Waals surface area contributed by atoms with E-state index >= 15 is 0 Å². The molecule has 0 radical (unpaired) electrons. The summed E-state index contributed by atoms with van der Waals surface area (Å²) in [6.45, 7) is 0. The van der Waals surface area contributed by atoms with Gasteiger partial charge < -0.3 is 19.2 Å². The molecule has 0 aromatic rings. The summed E-state index contributed by atoms with van der Waals surface area (Å²) in [5.41, 5.74) is 0. The first-order chi connectivity index (χ1) is 5.83. The lowest BCUT2D eigenvalue weighted by Gasteiger charge is -2.20. The minimum atomic E-state index is -5.32. The standard InChI is InChI=1S/CO2.3CH4.H2O6P2.O2/c2-1-3;;;;1-7(2)6-8(3,4)5;1-2/h;3*1H4;(H2,3,4,5);/p-2. The Labute approximate surface area is 93.0 Å². The molecule has 10 nitrogen and oxygen atoms in total. The first-order valence-electron chi connectivity index (χ1n) is 1.85. The van der Waals surface area contributed by atoms with Gasteiger partial charge in [0.25, 0.3) is 0 Å². The average molecular weight is 282 g/mol. The summed E-state index contributed by atoms with van der Waals surface area (Å²) in [6, 6.07) is 0. The number of carbonyl (C=O) groups excluding carboxylic acids is 2. The Hall–Kier alpha value is -0.850. The second kappa shape index (κ2) is 23.8. The SMILES string of the molecule is C.C.C.O=C=O.O=O.O=[P+]([O-])OP(=O)([O-])[O-].